The van der Waals surface area contributed by atoms with Gasteiger partial charge in [-0.15, -0.1) is 0 Å². The van der Waals surface area contributed by atoms with Crippen LogP contribution in [0.3, 0.4) is 0 Å². The number of hydrogen-bond donors (Lipinski definition) is 1. The van der Waals surface area contributed by atoms with Gasteiger partial charge < -0.3 is 5.11 Å². The molecule has 0 spiro atoms. The minimum Gasteiger partial charge on any atom is -0.481 e. The summed E-state index contributed by atoms with van der Waals surface area (Å²) in [5.41, 5.74) is 2.43. The van der Waals surface area contributed by atoms with Gasteiger partial charge in [0.05, 0.1) is 5.92 Å². The van der Waals surface area contributed by atoms with Crippen molar-refractivity contribution in [3.8, 4) is 0 Å². The normalized spacial score (nSPS) is 18.6. The Labute approximate surface area is 93.5 Å². The van der Waals surface area contributed by atoms with E-state index in [4.69, 9.17) is 5.11 Å². The largest absolute Gasteiger partial charge is 0.481 e. The lowest BCUT2D eigenvalue weighted by atomic mass is 10.0. The molecule has 1 aliphatic carbocycles. The smallest absolute Gasteiger partial charge is 0.307 e. The van der Waals surface area contributed by atoms with E-state index in [9.17, 15) is 4.79 Å². The van der Waals surface area contributed by atoms with Crippen LogP contribution >= 0.6 is 0 Å². The molecule has 0 amide bonds. The molecular weight excluding hydrogens is 200 g/mol. The lowest BCUT2D eigenvalue weighted by molar-refractivity contribution is -0.141. The van der Waals surface area contributed by atoms with Crippen molar-refractivity contribution in [2.24, 2.45) is 5.92 Å². The first-order valence-corrected chi connectivity index (χ1v) is 5.48. The van der Waals surface area contributed by atoms with Crippen molar-refractivity contribution in [2.45, 2.75) is 12.8 Å². The fourth-order valence-electron chi connectivity index (χ4n) is 2.57. The molecule has 0 heterocycles. The molecule has 0 radical (unpaired) electrons. The lowest BCUT2D eigenvalue weighted by Gasteiger charge is -2.04. The molecule has 0 saturated carbocycles. The Morgan fingerprint density at radius 2 is 1.94 bits per heavy atom. The maximum absolute atomic E-state index is 11.0. The van der Waals surface area contributed by atoms with Gasteiger partial charge in [-0.1, -0.05) is 36.4 Å². The molecule has 2 nitrogen and oxygen atoms in total. The van der Waals surface area contributed by atoms with Crippen LogP contribution in [-0.4, -0.2) is 11.1 Å². The third-order valence-corrected chi connectivity index (χ3v) is 3.40. The number of hydrogen-bond acceptors (Lipinski definition) is 1. The van der Waals surface area contributed by atoms with Crippen LogP contribution in [0.4, 0.5) is 0 Å². The quantitative estimate of drug-likeness (QED) is 0.789. The first-order valence-electron chi connectivity index (χ1n) is 5.48. The number of carboxylic acid groups (broad SMARTS) is 1. The molecule has 1 atom stereocenters. The predicted molar refractivity (Wildman–Crippen MR) is 62.5 cm³/mol. The van der Waals surface area contributed by atoms with E-state index in [1.807, 2.05) is 12.1 Å². The standard InChI is InChI=1S/C14H12O2/c15-14(16)11-7-10-6-5-9-3-1-2-4-12(9)13(10)8-11/h1-6,11H,7-8H2,(H,15,16)/t11-/m1/s1. The summed E-state index contributed by atoms with van der Waals surface area (Å²) < 4.78 is 0. The van der Waals surface area contributed by atoms with Gasteiger partial charge in [0, 0.05) is 0 Å². The molecule has 1 N–H and O–H groups in total. The first kappa shape index (κ1) is 9.40. The summed E-state index contributed by atoms with van der Waals surface area (Å²) in [5.74, 6) is -0.916. The molecule has 2 aromatic carbocycles. The van der Waals surface area contributed by atoms with Gasteiger partial charge in [-0.25, -0.2) is 0 Å². The van der Waals surface area contributed by atoms with Gasteiger partial charge in [0.1, 0.15) is 0 Å². The topological polar surface area (TPSA) is 37.3 Å². The van der Waals surface area contributed by atoms with Crippen LogP contribution in [0.2, 0.25) is 0 Å². The van der Waals surface area contributed by atoms with Crippen LogP contribution in [0.1, 0.15) is 11.1 Å². The summed E-state index contributed by atoms with van der Waals surface area (Å²) in [4.78, 5) is 11.0. The average molecular weight is 212 g/mol. The summed E-state index contributed by atoms with van der Waals surface area (Å²) in [6, 6.07) is 12.3. The Morgan fingerprint density at radius 1 is 1.12 bits per heavy atom. The minimum atomic E-state index is -0.680. The Balaban J connectivity index is 2.17. The van der Waals surface area contributed by atoms with Crippen LogP contribution in [0, 0.1) is 5.92 Å². The number of carbonyl (C=O) groups is 1. The Kier molecular flexibility index (Phi) is 1.96. The van der Waals surface area contributed by atoms with E-state index in [0.29, 0.717) is 12.8 Å². The van der Waals surface area contributed by atoms with Crippen LogP contribution in [0.5, 0.6) is 0 Å². The second kappa shape index (κ2) is 3.34. The van der Waals surface area contributed by atoms with Gasteiger partial charge in [-0.2, -0.15) is 0 Å². The fraction of sp³-hybridized carbons (Fsp3) is 0.214. The van der Waals surface area contributed by atoms with E-state index < -0.39 is 5.97 Å². The molecule has 0 saturated heterocycles. The van der Waals surface area contributed by atoms with Gasteiger partial charge in [-0.3, -0.25) is 4.79 Å². The van der Waals surface area contributed by atoms with Crippen LogP contribution in [-0.2, 0) is 17.6 Å². The molecule has 2 aromatic rings. The highest BCUT2D eigenvalue weighted by atomic mass is 16.4. The zero-order chi connectivity index (χ0) is 11.1. The fourth-order valence-corrected chi connectivity index (χ4v) is 2.57. The average Bonchev–Trinajstić information content (AvgIpc) is 2.73. The summed E-state index contributed by atoms with van der Waals surface area (Å²) in [6.45, 7) is 0. The third kappa shape index (κ3) is 1.30. The van der Waals surface area contributed by atoms with E-state index in [1.54, 1.807) is 0 Å². The number of rotatable bonds is 1. The van der Waals surface area contributed by atoms with Crippen molar-refractivity contribution in [3.63, 3.8) is 0 Å². The number of aliphatic carboxylic acids is 1. The van der Waals surface area contributed by atoms with E-state index in [0.717, 1.165) is 0 Å². The van der Waals surface area contributed by atoms with Gasteiger partial charge in [0.2, 0.25) is 0 Å². The highest BCUT2D eigenvalue weighted by Crippen LogP contribution is 2.32. The van der Waals surface area contributed by atoms with Crippen LogP contribution in [0.25, 0.3) is 10.8 Å². The van der Waals surface area contributed by atoms with Crippen LogP contribution < -0.4 is 0 Å². The zero-order valence-electron chi connectivity index (χ0n) is 8.81. The van der Waals surface area contributed by atoms with Crippen molar-refractivity contribution in [2.75, 3.05) is 0 Å². The zero-order valence-corrected chi connectivity index (χ0v) is 8.81. The van der Waals surface area contributed by atoms with Crippen molar-refractivity contribution in [1.82, 2.24) is 0 Å². The molecule has 0 unspecified atom stereocenters. The Hall–Kier alpha value is -1.83. The molecule has 0 fully saturated rings. The van der Waals surface area contributed by atoms with Crippen molar-refractivity contribution < 1.29 is 9.90 Å². The maximum atomic E-state index is 11.0. The highest BCUT2D eigenvalue weighted by Gasteiger charge is 2.27. The highest BCUT2D eigenvalue weighted by molar-refractivity contribution is 5.88. The van der Waals surface area contributed by atoms with Crippen molar-refractivity contribution in [3.05, 3.63) is 47.5 Å². The summed E-state index contributed by atoms with van der Waals surface area (Å²) >= 11 is 0. The predicted octanol–water partition coefficient (Wildman–Crippen LogP) is 2.64. The SMILES string of the molecule is O=C(O)[C@@H]1Cc2ccc3ccccc3c2C1. The molecule has 1 aliphatic rings. The minimum absolute atomic E-state index is 0.235. The second-order valence-electron chi connectivity index (χ2n) is 4.37. The summed E-state index contributed by atoms with van der Waals surface area (Å²) in [5, 5.41) is 11.5. The third-order valence-electron chi connectivity index (χ3n) is 3.40. The summed E-state index contributed by atoms with van der Waals surface area (Å²) in [7, 11) is 0. The van der Waals surface area contributed by atoms with E-state index >= 15 is 0 Å². The number of fused-ring (bicyclic) bond motifs is 3. The number of benzene rings is 2. The molecule has 0 aliphatic heterocycles. The van der Waals surface area contributed by atoms with E-state index in [1.165, 1.54) is 21.9 Å². The van der Waals surface area contributed by atoms with Gasteiger partial charge >= 0.3 is 5.97 Å². The van der Waals surface area contributed by atoms with Gasteiger partial charge in [0.25, 0.3) is 0 Å². The molecule has 0 bridgehead atoms. The van der Waals surface area contributed by atoms with E-state index in [2.05, 4.69) is 24.3 Å². The van der Waals surface area contributed by atoms with E-state index in [-0.39, 0.29) is 5.92 Å². The van der Waals surface area contributed by atoms with Crippen LogP contribution in [0.15, 0.2) is 36.4 Å². The molecule has 2 heteroatoms. The lowest BCUT2D eigenvalue weighted by Crippen LogP contribution is -2.12. The van der Waals surface area contributed by atoms with Crippen molar-refractivity contribution >= 4 is 16.7 Å². The molecule has 16 heavy (non-hydrogen) atoms. The van der Waals surface area contributed by atoms with Crippen molar-refractivity contribution in [1.29, 1.82) is 0 Å². The first-order chi connectivity index (χ1) is 7.75. The molecule has 3 rings (SSSR count). The molecule has 80 valence electrons. The molecular formula is C14H12O2. The maximum Gasteiger partial charge on any atom is 0.307 e. The summed E-state index contributed by atoms with van der Waals surface area (Å²) in [6.07, 6.45) is 1.35. The monoisotopic (exact) mass is 212 g/mol. The van der Waals surface area contributed by atoms with Gasteiger partial charge in [0.15, 0.2) is 0 Å². The Morgan fingerprint density at radius 3 is 2.75 bits per heavy atom. The van der Waals surface area contributed by atoms with Gasteiger partial charge in [-0.05, 0) is 34.7 Å². The molecule has 0 aromatic heterocycles. The second-order valence-corrected chi connectivity index (χ2v) is 4.37. The Bertz CT molecular complexity index is 572. The number of carboxylic acids is 1.